The van der Waals surface area contributed by atoms with Crippen LogP contribution in [0.15, 0.2) is 21.5 Å². The van der Waals surface area contributed by atoms with Crippen LogP contribution in [0.25, 0.3) is 0 Å². The third-order valence-electron chi connectivity index (χ3n) is 3.98. The number of aliphatic hydroxyl groups excluding tert-OH is 1. The van der Waals surface area contributed by atoms with Crippen molar-refractivity contribution >= 4 is 26.0 Å². The van der Waals surface area contributed by atoms with Crippen molar-refractivity contribution in [3.8, 4) is 0 Å². The topological polar surface area (TPSA) is 57.6 Å². The van der Waals surface area contributed by atoms with Crippen molar-refractivity contribution in [3.63, 3.8) is 0 Å². The van der Waals surface area contributed by atoms with Crippen LogP contribution in [-0.2, 0) is 16.6 Å². The fourth-order valence-corrected chi connectivity index (χ4v) is 5.02. The number of sulfonamides is 1. The van der Waals surface area contributed by atoms with E-state index in [2.05, 4.69) is 22.9 Å². The van der Waals surface area contributed by atoms with Crippen LogP contribution in [0, 0.1) is 12.8 Å². The number of benzene rings is 1. The van der Waals surface area contributed by atoms with E-state index in [9.17, 15) is 13.5 Å². The van der Waals surface area contributed by atoms with Crippen molar-refractivity contribution in [2.24, 2.45) is 5.92 Å². The summed E-state index contributed by atoms with van der Waals surface area (Å²) in [6, 6.07) is 3.34. The van der Waals surface area contributed by atoms with Gasteiger partial charge in [0.2, 0.25) is 10.0 Å². The zero-order valence-electron chi connectivity index (χ0n) is 11.8. The van der Waals surface area contributed by atoms with Crippen LogP contribution < -0.4 is 0 Å². The minimum Gasteiger partial charge on any atom is -0.392 e. The van der Waals surface area contributed by atoms with E-state index in [-0.39, 0.29) is 6.61 Å². The molecule has 112 valence electrons. The van der Waals surface area contributed by atoms with Gasteiger partial charge >= 0.3 is 0 Å². The molecule has 1 fully saturated rings. The van der Waals surface area contributed by atoms with E-state index >= 15 is 0 Å². The van der Waals surface area contributed by atoms with Crippen molar-refractivity contribution in [1.82, 2.24) is 4.31 Å². The van der Waals surface area contributed by atoms with Crippen LogP contribution >= 0.6 is 15.9 Å². The van der Waals surface area contributed by atoms with Crippen molar-refractivity contribution in [1.29, 1.82) is 0 Å². The maximum atomic E-state index is 12.8. The summed E-state index contributed by atoms with van der Waals surface area (Å²) < 4.78 is 27.8. The minimum atomic E-state index is -3.48. The van der Waals surface area contributed by atoms with Crippen LogP contribution in [0.5, 0.6) is 0 Å². The molecule has 0 bridgehead atoms. The van der Waals surface area contributed by atoms with E-state index in [0.29, 0.717) is 39.5 Å². The Balaban J connectivity index is 2.42. The van der Waals surface area contributed by atoms with Gasteiger partial charge in [0.05, 0.1) is 11.5 Å². The fraction of sp³-hybridized carbons (Fsp3) is 0.571. The minimum absolute atomic E-state index is 0.168. The standard InChI is InChI=1S/C14H20BrNO3S/c1-3-11-4-5-16(8-11)20(18,19)14-7-12(9-17)6-13(15)10(14)2/h6-7,11,17H,3-5,8-9H2,1-2H3. The molecular formula is C14H20BrNO3S. The summed E-state index contributed by atoms with van der Waals surface area (Å²) in [6.07, 6.45) is 1.93. The third-order valence-corrected chi connectivity index (χ3v) is 6.80. The van der Waals surface area contributed by atoms with Gasteiger partial charge in [-0.15, -0.1) is 0 Å². The molecule has 1 unspecified atom stereocenters. The highest BCUT2D eigenvalue weighted by Crippen LogP contribution is 2.31. The van der Waals surface area contributed by atoms with Gasteiger partial charge < -0.3 is 5.11 Å². The second kappa shape index (κ2) is 6.13. The van der Waals surface area contributed by atoms with E-state index in [0.717, 1.165) is 12.8 Å². The van der Waals surface area contributed by atoms with E-state index in [1.807, 2.05) is 0 Å². The quantitative estimate of drug-likeness (QED) is 0.896. The third kappa shape index (κ3) is 2.93. The highest BCUT2D eigenvalue weighted by molar-refractivity contribution is 9.10. The van der Waals surface area contributed by atoms with Crippen LogP contribution in [0.3, 0.4) is 0 Å². The molecule has 0 saturated carbocycles. The molecule has 1 N–H and O–H groups in total. The van der Waals surface area contributed by atoms with Gasteiger partial charge in [0, 0.05) is 17.6 Å². The lowest BCUT2D eigenvalue weighted by atomic mass is 10.1. The molecule has 1 aliphatic heterocycles. The Hall–Kier alpha value is -0.430. The molecule has 1 aromatic rings. The van der Waals surface area contributed by atoms with E-state index in [4.69, 9.17) is 0 Å². The molecular weight excluding hydrogens is 342 g/mol. The first-order valence-electron chi connectivity index (χ1n) is 6.80. The molecule has 2 rings (SSSR count). The van der Waals surface area contributed by atoms with E-state index in [1.165, 1.54) is 0 Å². The van der Waals surface area contributed by atoms with Crippen molar-refractivity contribution < 1.29 is 13.5 Å². The molecule has 1 heterocycles. The van der Waals surface area contributed by atoms with Gasteiger partial charge in [-0.1, -0.05) is 29.3 Å². The second-order valence-corrected chi connectivity index (χ2v) is 8.05. The van der Waals surface area contributed by atoms with Gasteiger partial charge in [-0.25, -0.2) is 8.42 Å². The second-order valence-electron chi connectivity index (χ2n) is 5.28. The Labute approximate surface area is 129 Å². The number of nitrogens with zero attached hydrogens (tertiary/aromatic N) is 1. The SMILES string of the molecule is CCC1CCN(S(=O)(=O)c2cc(CO)cc(Br)c2C)C1. The molecule has 0 radical (unpaired) electrons. The maximum absolute atomic E-state index is 12.8. The van der Waals surface area contributed by atoms with Gasteiger partial charge in [0.1, 0.15) is 0 Å². The summed E-state index contributed by atoms with van der Waals surface area (Å²) in [6.45, 7) is 4.89. The first-order valence-corrected chi connectivity index (χ1v) is 9.03. The zero-order chi connectivity index (χ0) is 14.9. The number of halogens is 1. The highest BCUT2D eigenvalue weighted by atomic mass is 79.9. The van der Waals surface area contributed by atoms with Crippen molar-refractivity contribution in [2.45, 2.75) is 38.2 Å². The van der Waals surface area contributed by atoms with Gasteiger partial charge in [-0.3, -0.25) is 0 Å². The Morgan fingerprint density at radius 2 is 2.15 bits per heavy atom. The molecule has 4 nitrogen and oxygen atoms in total. The largest absolute Gasteiger partial charge is 0.392 e. The highest BCUT2D eigenvalue weighted by Gasteiger charge is 2.33. The normalized spacial score (nSPS) is 20.5. The summed E-state index contributed by atoms with van der Waals surface area (Å²) in [5, 5.41) is 9.26. The van der Waals surface area contributed by atoms with Crippen LogP contribution in [0.4, 0.5) is 0 Å². The average molecular weight is 362 g/mol. The summed E-state index contributed by atoms with van der Waals surface area (Å²) in [5.74, 6) is 0.453. The lowest BCUT2D eigenvalue weighted by Crippen LogP contribution is -2.29. The Morgan fingerprint density at radius 1 is 1.45 bits per heavy atom. The Kier molecular flexibility index (Phi) is 4.89. The molecule has 1 aromatic carbocycles. The number of aliphatic hydroxyl groups is 1. The predicted molar refractivity (Wildman–Crippen MR) is 82.0 cm³/mol. The van der Waals surface area contributed by atoms with Crippen molar-refractivity contribution in [3.05, 3.63) is 27.7 Å². The molecule has 1 atom stereocenters. The number of rotatable bonds is 4. The smallest absolute Gasteiger partial charge is 0.243 e. The summed E-state index contributed by atoms with van der Waals surface area (Å²) in [5.41, 5.74) is 1.30. The van der Waals surface area contributed by atoms with Crippen LogP contribution in [0.1, 0.15) is 30.9 Å². The lowest BCUT2D eigenvalue weighted by Gasteiger charge is -2.19. The maximum Gasteiger partial charge on any atom is 0.243 e. The molecule has 0 aromatic heterocycles. The summed E-state index contributed by atoms with van der Waals surface area (Å²) in [4.78, 5) is 0.299. The molecule has 0 amide bonds. The number of hydrogen-bond donors (Lipinski definition) is 1. The lowest BCUT2D eigenvalue weighted by molar-refractivity contribution is 0.281. The molecule has 1 saturated heterocycles. The van der Waals surface area contributed by atoms with Crippen LogP contribution in [0.2, 0.25) is 0 Å². The van der Waals surface area contributed by atoms with Gasteiger partial charge in [-0.05, 0) is 42.5 Å². The Morgan fingerprint density at radius 3 is 2.70 bits per heavy atom. The molecule has 1 aliphatic rings. The zero-order valence-corrected chi connectivity index (χ0v) is 14.2. The average Bonchev–Trinajstić information content (AvgIpc) is 2.91. The summed E-state index contributed by atoms with van der Waals surface area (Å²) in [7, 11) is -3.48. The van der Waals surface area contributed by atoms with Crippen molar-refractivity contribution in [2.75, 3.05) is 13.1 Å². The Bertz CT molecular complexity index is 601. The van der Waals surface area contributed by atoms with Gasteiger partial charge in [-0.2, -0.15) is 4.31 Å². The van der Waals surface area contributed by atoms with Gasteiger partial charge in [0.15, 0.2) is 0 Å². The number of hydrogen-bond acceptors (Lipinski definition) is 3. The van der Waals surface area contributed by atoms with Gasteiger partial charge in [0.25, 0.3) is 0 Å². The van der Waals surface area contributed by atoms with E-state index < -0.39 is 10.0 Å². The molecule has 20 heavy (non-hydrogen) atoms. The molecule has 6 heteroatoms. The van der Waals surface area contributed by atoms with E-state index in [1.54, 1.807) is 23.4 Å². The van der Waals surface area contributed by atoms with Crippen LogP contribution in [-0.4, -0.2) is 30.9 Å². The predicted octanol–water partition coefficient (Wildman–Crippen LogP) is 2.67. The first kappa shape index (κ1) is 15.9. The molecule has 0 spiro atoms. The fourth-order valence-electron chi connectivity index (χ4n) is 2.55. The molecule has 0 aliphatic carbocycles. The first-order chi connectivity index (χ1) is 9.40. The monoisotopic (exact) mass is 361 g/mol. The summed E-state index contributed by atoms with van der Waals surface area (Å²) >= 11 is 3.37.